The van der Waals surface area contributed by atoms with Crippen LogP contribution in [-0.2, 0) is 0 Å². The van der Waals surface area contributed by atoms with Gasteiger partial charge in [-0.3, -0.25) is 4.79 Å². The molecule has 0 spiro atoms. The Kier molecular flexibility index (Phi) is 4.35. The van der Waals surface area contributed by atoms with Crippen LogP contribution < -0.4 is 9.80 Å². The van der Waals surface area contributed by atoms with Crippen molar-refractivity contribution in [3.63, 3.8) is 0 Å². The molecular weight excluding hydrogens is 200 g/mol. The fourth-order valence-corrected chi connectivity index (χ4v) is 1.67. The Balaban J connectivity index is 3.25. The van der Waals surface area contributed by atoms with Crippen molar-refractivity contribution in [3.8, 4) is 0 Å². The summed E-state index contributed by atoms with van der Waals surface area (Å²) in [6, 6.07) is 5.97. The van der Waals surface area contributed by atoms with Crippen molar-refractivity contribution in [2.45, 2.75) is 13.8 Å². The van der Waals surface area contributed by atoms with Gasteiger partial charge in [0.05, 0.1) is 5.56 Å². The number of hydrogen-bond acceptors (Lipinski definition) is 3. The van der Waals surface area contributed by atoms with E-state index in [2.05, 4.69) is 23.6 Å². The number of rotatable bonds is 5. The predicted molar refractivity (Wildman–Crippen MR) is 69.7 cm³/mol. The van der Waals surface area contributed by atoms with E-state index in [0.29, 0.717) is 0 Å². The zero-order chi connectivity index (χ0) is 12.1. The molecule has 0 aliphatic rings. The third-order valence-corrected chi connectivity index (χ3v) is 2.95. The molecule has 0 atom stereocenters. The minimum absolute atomic E-state index is 0.774. The molecule has 0 bridgehead atoms. The average Bonchev–Trinajstić information content (AvgIpc) is 2.35. The smallest absolute Gasteiger partial charge is 0.154 e. The maximum atomic E-state index is 11.2. The zero-order valence-electron chi connectivity index (χ0n) is 10.5. The van der Waals surface area contributed by atoms with E-state index in [-0.39, 0.29) is 0 Å². The van der Waals surface area contributed by atoms with Crippen molar-refractivity contribution in [1.82, 2.24) is 0 Å². The number of carbonyl (C=O) groups is 1. The van der Waals surface area contributed by atoms with E-state index in [0.717, 1.165) is 36.3 Å². The van der Waals surface area contributed by atoms with E-state index in [1.54, 1.807) is 0 Å². The lowest BCUT2D eigenvalue weighted by Gasteiger charge is -2.24. The molecule has 1 aromatic carbocycles. The Hall–Kier alpha value is -1.51. The van der Waals surface area contributed by atoms with Crippen molar-refractivity contribution in [1.29, 1.82) is 0 Å². The molecular formula is C13H20N2O. The van der Waals surface area contributed by atoms with Crippen molar-refractivity contribution in [2.75, 3.05) is 37.0 Å². The number of aldehydes is 1. The van der Waals surface area contributed by atoms with Crippen LogP contribution in [0, 0.1) is 0 Å². The number of benzene rings is 1. The highest BCUT2D eigenvalue weighted by Gasteiger charge is 2.12. The first-order valence-electron chi connectivity index (χ1n) is 5.66. The van der Waals surface area contributed by atoms with E-state index in [9.17, 15) is 4.79 Å². The van der Waals surface area contributed by atoms with Crippen LogP contribution in [0.3, 0.4) is 0 Å². The van der Waals surface area contributed by atoms with Gasteiger partial charge >= 0.3 is 0 Å². The molecule has 0 aliphatic heterocycles. The van der Waals surface area contributed by atoms with Crippen molar-refractivity contribution >= 4 is 17.7 Å². The van der Waals surface area contributed by atoms with Gasteiger partial charge in [-0.1, -0.05) is 6.07 Å². The van der Waals surface area contributed by atoms with Crippen LogP contribution in [0.2, 0.25) is 0 Å². The fraction of sp³-hybridized carbons (Fsp3) is 0.462. The summed E-state index contributed by atoms with van der Waals surface area (Å²) >= 11 is 0. The standard InChI is InChI=1S/C13H20N2O/c1-5-14(3)12-8-7-9-13(11(12)10-16)15(4)6-2/h7-10H,5-6H2,1-4H3. The lowest BCUT2D eigenvalue weighted by Crippen LogP contribution is -2.21. The maximum Gasteiger partial charge on any atom is 0.154 e. The van der Waals surface area contributed by atoms with E-state index < -0.39 is 0 Å². The molecule has 0 unspecified atom stereocenters. The quantitative estimate of drug-likeness (QED) is 0.712. The van der Waals surface area contributed by atoms with Crippen LogP contribution in [-0.4, -0.2) is 33.5 Å². The molecule has 0 fully saturated rings. The Morgan fingerprint density at radius 2 is 1.50 bits per heavy atom. The monoisotopic (exact) mass is 220 g/mol. The molecule has 3 nitrogen and oxygen atoms in total. The highest BCUT2D eigenvalue weighted by Crippen LogP contribution is 2.27. The summed E-state index contributed by atoms with van der Waals surface area (Å²) < 4.78 is 0. The van der Waals surface area contributed by atoms with E-state index in [1.807, 2.05) is 32.3 Å². The van der Waals surface area contributed by atoms with E-state index in [4.69, 9.17) is 0 Å². The Labute approximate surface area is 97.7 Å². The van der Waals surface area contributed by atoms with Crippen LogP contribution in [0.15, 0.2) is 18.2 Å². The lowest BCUT2D eigenvalue weighted by atomic mass is 10.1. The maximum absolute atomic E-state index is 11.2. The Bertz CT molecular complexity index is 335. The van der Waals surface area contributed by atoms with Crippen LogP contribution in [0.25, 0.3) is 0 Å². The number of nitrogens with zero attached hydrogens (tertiary/aromatic N) is 2. The minimum Gasteiger partial charge on any atom is -0.374 e. The molecule has 0 aliphatic carbocycles. The Morgan fingerprint density at radius 1 is 1.06 bits per heavy atom. The van der Waals surface area contributed by atoms with E-state index >= 15 is 0 Å². The van der Waals surface area contributed by atoms with Crippen LogP contribution in [0.1, 0.15) is 24.2 Å². The average molecular weight is 220 g/mol. The van der Waals surface area contributed by atoms with Gasteiger partial charge in [-0.15, -0.1) is 0 Å². The van der Waals surface area contributed by atoms with Gasteiger partial charge in [-0.25, -0.2) is 0 Å². The summed E-state index contributed by atoms with van der Waals surface area (Å²) in [5.74, 6) is 0. The van der Waals surface area contributed by atoms with Crippen molar-refractivity contribution in [2.24, 2.45) is 0 Å². The second kappa shape index (κ2) is 5.54. The zero-order valence-corrected chi connectivity index (χ0v) is 10.5. The highest BCUT2D eigenvalue weighted by molar-refractivity contribution is 5.92. The van der Waals surface area contributed by atoms with Gasteiger partial charge in [-0.05, 0) is 26.0 Å². The van der Waals surface area contributed by atoms with E-state index in [1.165, 1.54) is 0 Å². The summed E-state index contributed by atoms with van der Waals surface area (Å²) in [4.78, 5) is 15.4. The second-order valence-corrected chi connectivity index (χ2v) is 3.86. The summed E-state index contributed by atoms with van der Waals surface area (Å²) in [6.45, 7) is 5.93. The summed E-state index contributed by atoms with van der Waals surface area (Å²) in [7, 11) is 4.00. The fourth-order valence-electron chi connectivity index (χ4n) is 1.67. The molecule has 0 N–H and O–H groups in total. The van der Waals surface area contributed by atoms with Crippen LogP contribution in [0.4, 0.5) is 11.4 Å². The summed E-state index contributed by atoms with van der Waals surface area (Å²) in [5.41, 5.74) is 2.77. The first-order valence-corrected chi connectivity index (χ1v) is 5.66. The topological polar surface area (TPSA) is 23.6 Å². The Morgan fingerprint density at radius 3 is 1.81 bits per heavy atom. The van der Waals surface area contributed by atoms with Gasteiger partial charge in [0.1, 0.15) is 0 Å². The molecule has 0 heterocycles. The van der Waals surface area contributed by atoms with Crippen LogP contribution >= 0.6 is 0 Å². The molecule has 16 heavy (non-hydrogen) atoms. The third-order valence-electron chi connectivity index (χ3n) is 2.95. The molecule has 3 heteroatoms. The van der Waals surface area contributed by atoms with Crippen molar-refractivity contribution in [3.05, 3.63) is 23.8 Å². The van der Waals surface area contributed by atoms with Gasteiger partial charge in [-0.2, -0.15) is 0 Å². The predicted octanol–water partition coefficient (Wildman–Crippen LogP) is 2.41. The lowest BCUT2D eigenvalue weighted by molar-refractivity contribution is 0.112. The molecule has 1 rings (SSSR count). The summed E-state index contributed by atoms with van der Waals surface area (Å²) in [5, 5.41) is 0. The van der Waals surface area contributed by atoms with Gasteiger partial charge in [0.2, 0.25) is 0 Å². The van der Waals surface area contributed by atoms with Gasteiger partial charge in [0.15, 0.2) is 6.29 Å². The molecule has 0 radical (unpaired) electrons. The summed E-state index contributed by atoms with van der Waals surface area (Å²) in [6.07, 6.45) is 0.947. The highest BCUT2D eigenvalue weighted by atomic mass is 16.1. The van der Waals surface area contributed by atoms with Gasteiger partial charge < -0.3 is 9.80 Å². The normalized spacial score (nSPS) is 10.0. The van der Waals surface area contributed by atoms with Gasteiger partial charge in [0, 0.05) is 38.6 Å². The van der Waals surface area contributed by atoms with Gasteiger partial charge in [0.25, 0.3) is 0 Å². The van der Waals surface area contributed by atoms with Crippen LogP contribution in [0.5, 0.6) is 0 Å². The van der Waals surface area contributed by atoms with Crippen molar-refractivity contribution < 1.29 is 4.79 Å². The molecule has 0 amide bonds. The molecule has 1 aromatic rings. The first-order chi connectivity index (χ1) is 7.65. The molecule has 88 valence electrons. The molecule has 0 saturated carbocycles. The largest absolute Gasteiger partial charge is 0.374 e. The minimum atomic E-state index is 0.774. The molecule has 0 aromatic heterocycles. The second-order valence-electron chi connectivity index (χ2n) is 3.86. The molecule has 0 saturated heterocycles. The first kappa shape index (κ1) is 12.6. The SMILES string of the molecule is CCN(C)c1cccc(N(C)CC)c1C=O. The third kappa shape index (κ3) is 2.35. The number of anilines is 2. The number of carbonyl (C=O) groups excluding carboxylic acids is 1. The number of hydrogen-bond donors (Lipinski definition) is 0.